The van der Waals surface area contributed by atoms with Crippen LogP contribution in [0.5, 0.6) is 0 Å². The minimum Gasteiger partial charge on any atom is -0.481 e. The third-order valence-corrected chi connectivity index (χ3v) is 3.07. The zero-order valence-corrected chi connectivity index (χ0v) is 10.4. The molecule has 8 nitrogen and oxygen atoms in total. The van der Waals surface area contributed by atoms with Gasteiger partial charge in [0.1, 0.15) is 0 Å². The van der Waals surface area contributed by atoms with Crippen molar-refractivity contribution in [1.82, 2.24) is 20.4 Å². The number of aromatic nitrogens is 2. The predicted molar refractivity (Wildman–Crippen MR) is 63.1 cm³/mol. The fourth-order valence-corrected chi connectivity index (χ4v) is 2.20. The minimum absolute atomic E-state index is 0.0298. The Labute approximate surface area is 109 Å². The highest BCUT2D eigenvalue weighted by molar-refractivity contribution is 5.74. The van der Waals surface area contributed by atoms with Crippen molar-refractivity contribution >= 4 is 12.0 Å². The lowest BCUT2D eigenvalue weighted by Crippen LogP contribution is -2.45. The molecule has 2 N–H and O–H groups in total. The molecule has 1 aliphatic rings. The average Bonchev–Trinajstić information content (AvgIpc) is 2.88. The number of carboxylic acids is 1. The van der Waals surface area contributed by atoms with Gasteiger partial charge in [-0.3, -0.25) is 4.79 Å². The number of amides is 2. The number of urea groups is 1. The fraction of sp³-hybridized carbons (Fsp3) is 0.636. The van der Waals surface area contributed by atoms with Crippen molar-refractivity contribution in [3.05, 3.63) is 12.2 Å². The summed E-state index contributed by atoms with van der Waals surface area (Å²) in [5, 5.41) is 15.0. The second kappa shape index (κ2) is 6.17. The third-order valence-electron chi connectivity index (χ3n) is 3.07. The second-order valence-electron chi connectivity index (χ2n) is 4.56. The van der Waals surface area contributed by atoms with Crippen LogP contribution in [0.2, 0.25) is 0 Å². The Kier molecular flexibility index (Phi) is 4.32. The average molecular weight is 268 g/mol. The lowest BCUT2D eigenvalue weighted by atomic mass is 9.95. The molecule has 0 spiro atoms. The monoisotopic (exact) mass is 268 g/mol. The van der Waals surface area contributed by atoms with E-state index in [1.165, 1.54) is 6.39 Å². The molecule has 1 atom stereocenters. The van der Waals surface area contributed by atoms with E-state index in [9.17, 15) is 9.59 Å². The number of piperidine rings is 1. The Hall–Kier alpha value is -2.12. The molecule has 1 saturated heterocycles. The van der Waals surface area contributed by atoms with E-state index < -0.39 is 5.97 Å². The number of hydrogen-bond acceptors (Lipinski definition) is 5. The highest BCUT2D eigenvalue weighted by Crippen LogP contribution is 2.19. The van der Waals surface area contributed by atoms with E-state index in [4.69, 9.17) is 5.11 Å². The third kappa shape index (κ3) is 3.94. The summed E-state index contributed by atoms with van der Waals surface area (Å²) < 4.78 is 4.56. The minimum atomic E-state index is -0.820. The van der Waals surface area contributed by atoms with Gasteiger partial charge in [0, 0.05) is 19.5 Å². The molecule has 0 saturated carbocycles. The fourth-order valence-electron chi connectivity index (χ4n) is 2.20. The molecule has 2 amide bonds. The molecule has 2 heterocycles. The first-order chi connectivity index (χ1) is 9.15. The maximum absolute atomic E-state index is 11.9. The smallest absolute Gasteiger partial charge is 0.317 e. The number of aliphatic carboxylic acids is 1. The van der Waals surface area contributed by atoms with Crippen LogP contribution in [0.4, 0.5) is 4.79 Å². The maximum Gasteiger partial charge on any atom is 0.317 e. The van der Waals surface area contributed by atoms with Crippen LogP contribution < -0.4 is 5.32 Å². The normalized spacial score (nSPS) is 19.2. The van der Waals surface area contributed by atoms with Crippen molar-refractivity contribution in [1.29, 1.82) is 0 Å². The van der Waals surface area contributed by atoms with E-state index in [0.29, 0.717) is 18.9 Å². The molecule has 1 aliphatic heterocycles. The highest BCUT2D eigenvalue weighted by Gasteiger charge is 2.25. The van der Waals surface area contributed by atoms with Crippen molar-refractivity contribution in [3.63, 3.8) is 0 Å². The highest BCUT2D eigenvalue weighted by atomic mass is 16.5. The number of hydrogen-bond donors (Lipinski definition) is 2. The first-order valence-electron chi connectivity index (χ1n) is 6.15. The molecule has 0 radical (unpaired) electrons. The van der Waals surface area contributed by atoms with E-state index in [2.05, 4.69) is 20.0 Å². The van der Waals surface area contributed by atoms with E-state index in [-0.39, 0.29) is 24.9 Å². The topological polar surface area (TPSA) is 109 Å². The van der Waals surface area contributed by atoms with Crippen LogP contribution in [0.3, 0.4) is 0 Å². The van der Waals surface area contributed by atoms with Gasteiger partial charge in [-0.25, -0.2) is 4.79 Å². The number of likely N-dealkylation sites (tertiary alicyclic amines) is 1. The zero-order valence-electron chi connectivity index (χ0n) is 10.4. The van der Waals surface area contributed by atoms with E-state index in [1.807, 2.05) is 0 Å². The van der Waals surface area contributed by atoms with Crippen LogP contribution in [-0.4, -0.2) is 45.2 Å². The van der Waals surface area contributed by atoms with Gasteiger partial charge in [0.25, 0.3) is 0 Å². The van der Waals surface area contributed by atoms with Crippen molar-refractivity contribution in [3.8, 4) is 0 Å². The predicted octanol–water partition coefficient (Wildman–Crippen LogP) is 0.466. The van der Waals surface area contributed by atoms with E-state index in [1.54, 1.807) is 4.90 Å². The molecule has 1 fully saturated rings. The first kappa shape index (κ1) is 13.3. The van der Waals surface area contributed by atoms with Gasteiger partial charge in [0.15, 0.2) is 5.82 Å². The largest absolute Gasteiger partial charge is 0.481 e. The molecule has 0 aromatic carbocycles. The van der Waals surface area contributed by atoms with E-state index >= 15 is 0 Å². The number of carboxylic acid groups (broad SMARTS) is 1. The summed E-state index contributed by atoms with van der Waals surface area (Å²) in [6.07, 6.45) is 2.98. The quantitative estimate of drug-likeness (QED) is 0.821. The van der Waals surface area contributed by atoms with Gasteiger partial charge < -0.3 is 19.8 Å². The van der Waals surface area contributed by atoms with Crippen LogP contribution >= 0.6 is 0 Å². The number of rotatable bonds is 4. The molecule has 1 aromatic heterocycles. The first-order valence-corrected chi connectivity index (χ1v) is 6.15. The molecule has 19 heavy (non-hydrogen) atoms. The second-order valence-corrected chi connectivity index (χ2v) is 4.56. The van der Waals surface area contributed by atoms with Crippen LogP contribution in [0.25, 0.3) is 0 Å². The van der Waals surface area contributed by atoms with Crippen LogP contribution in [0.1, 0.15) is 25.1 Å². The summed E-state index contributed by atoms with van der Waals surface area (Å²) in [4.78, 5) is 28.0. The molecular formula is C11H16N4O4. The summed E-state index contributed by atoms with van der Waals surface area (Å²) in [6, 6.07) is -0.222. The Morgan fingerprint density at radius 2 is 2.42 bits per heavy atom. The Morgan fingerprint density at radius 1 is 1.58 bits per heavy atom. The molecule has 8 heteroatoms. The number of carbonyl (C=O) groups is 2. The summed E-state index contributed by atoms with van der Waals surface area (Å²) in [5.41, 5.74) is 0. The van der Waals surface area contributed by atoms with Crippen molar-refractivity contribution < 1.29 is 19.2 Å². The summed E-state index contributed by atoms with van der Waals surface area (Å²) in [6.45, 7) is 1.33. The van der Waals surface area contributed by atoms with Gasteiger partial charge in [-0.1, -0.05) is 5.16 Å². The summed E-state index contributed by atoms with van der Waals surface area (Å²) >= 11 is 0. The number of carbonyl (C=O) groups excluding carboxylic acids is 1. The van der Waals surface area contributed by atoms with E-state index in [0.717, 1.165) is 12.8 Å². The van der Waals surface area contributed by atoms with Crippen molar-refractivity contribution in [2.24, 2.45) is 5.92 Å². The van der Waals surface area contributed by atoms with Gasteiger partial charge in [-0.05, 0) is 18.8 Å². The summed E-state index contributed by atoms with van der Waals surface area (Å²) in [7, 11) is 0. The van der Waals surface area contributed by atoms with Gasteiger partial charge >= 0.3 is 12.0 Å². The van der Waals surface area contributed by atoms with Crippen LogP contribution in [-0.2, 0) is 11.3 Å². The molecule has 2 rings (SSSR count). The number of nitrogens with zero attached hydrogens (tertiary/aromatic N) is 3. The SMILES string of the molecule is O=C(O)CC1CCCN(C(=O)NCc2ncon2)C1. The lowest BCUT2D eigenvalue weighted by Gasteiger charge is -2.31. The van der Waals surface area contributed by atoms with Crippen LogP contribution in [0, 0.1) is 5.92 Å². The lowest BCUT2D eigenvalue weighted by molar-refractivity contribution is -0.138. The Balaban J connectivity index is 1.79. The Morgan fingerprint density at radius 3 is 3.11 bits per heavy atom. The van der Waals surface area contributed by atoms with Crippen molar-refractivity contribution in [2.45, 2.75) is 25.8 Å². The summed E-state index contributed by atoms with van der Waals surface area (Å²) in [5.74, 6) is -0.381. The van der Waals surface area contributed by atoms with Gasteiger partial charge in [0.05, 0.1) is 6.54 Å². The molecular weight excluding hydrogens is 252 g/mol. The number of nitrogens with one attached hydrogen (secondary N) is 1. The standard InChI is InChI=1S/C11H16N4O4/c16-10(17)4-8-2-1-3-15(6-8)11(18)12-5-9-13-7-19-14-9/h7-8H,1-6H2,(H,12,18)(H,16,17). The molecule has 1 aromatic rings. The molecule has 0 bridgehead atoms. The zero-order chi connectivity index (χ0) is 13.7. The van der Waals surface area contributed by atoms with Crippen LogP contribution in [0.15, 0.2) is 10.9 Å². The van der Waals surface area contributed by atoms with Gasteiger partial charge in [0.2, 0.25) is 6.39 Å². The molecule has 104 valence electrons. The molecule has 1 unspecified atom stereocenters. The maximum atomic E-state index is 11.9. The van der Waals surface area contributed by atoms with Gasteiger partial charge in [-0.2, -0.15) is 4.98 Å². The van der Waals surface area contributed by atoms with Crippen molar-refractivity contribution in [2.75, 3.05) is 13.1 Å². The Bertz CT molecular complexity index is 434. The molecule has 0 aliphatic carbocycles. The van der Waals surface area contributed by atoms with Gasteiger partial charge in [-0.15, -0.1) is 0 Å².